The van der Waals surface area contributed by atoms with Gasteiger partial charge in [0.2, 0.25) is 0 Å². The third kappa shape index (κ3) is 3.63. The van der Waals surface area contributed by atoms with E-state index in [1.54, 1.807) is 12.1 Å². The first-order valence-corrected chi connectivity index (χ1v) is 7.20. The van der Waals surface area contributed by atoms with Crippen molar-refractivity contribution in [2.24, 2.45) is 5.92 Å². The van der Waals surface area contributed by atoms with Gasteiger partial charge in [-0.05, 0) is 51.1 Å². The molecule has 110 valence electrons. The molecule has 5 nitrogen and oxygen atoms in total. The fourth-order valence-corrected chi connectivity index (χ4v) is 2.61. The van der Waals surface area contributed by atoms with E-state index in [1.807, 2.05) is 13.0 Å². The minimum absolute atomic E-state index is 0.0569. The highest BCUT2D eigenvalue weighted by atomic mass is 16.1. The molecule has 0 bridgehead atoms. The summed E-state index contributed by atoms with van der Waals surface area (Å²) in [5.41, 5.74) is 7.98. The van der Waals surface area contributed by atoms with Crippen molar-refractivity contribution in [3.05, 3.63) is 23.8 Å². The van der Waals surface area contributed by atoms with Gasteiger partial charge in [-0.25, -0.2) is 0 Å². The Bertz CT molecular complexity index is 475. The normalized spacial score (nSPS) is 19.0. The van der Waals surface area contributed by atoms with Crippen LogP contribution in [0.25, 0.3) is 0 Å². The third-order valence-electron chi connectivity index (χ3n) is 3.70. The van der Waals surface area contributed by atoms with Crippen LogP contribution in [0.1, 0.15) is 23.7 Å². The summed E-state index contributed by atoms with van der Waals surface area (Å²) in [6, 6.07) is 5.38. The molecule has 1 atom stereocenters. The van der Waals surface area contributed by atoms with Crippen LogP contribution in [0.4, 0.5) is 11.4 Å². The molecule has 0 aliphatic carbocycles. The smallest absolute Gasteiger partial charge is 0.253 e. The topological polar surface area (TPSA) is 70.4 Å². The van der Waals surface area contributed by atoms with Crippen molar-refractivity contribution in [2.45, 2.75) is 13.3 Å². The van der Waals surface area contributed by atoms with Gasteiger partial charge in [0.15, 0.2) is 0 Å². The van der Waals surface area contributed by atoms with E-state index < -0.39 is 0 Å². The number of nitrogens with zero attached hydrogens (tertiary/aromatic N) is 1. The predicted octanol–water partition coefficient (Wildman–Crippen LogP) is 1.38. The first-order chi connectivity index (χ1) is 9.60. The minimum atomic E-state index is -0.0569. The molecule has 1 amide bonds. The number of nitrogen functional groups attached to an aromatic ring is 1. The zero-order chi connectivity index (χ0) is 14.5. The van der Waals surface area contributed by atoms with Gasteiger partial charge in [-0.3, -0.25) is 4.79 Å². The number of hydrogen-bond donors (Lipinski definition) is 3. The molecule has 20 heavy (non-hydrogen) atoms. The summed E-state index contributed by atoms with van der Waals surface area (Å²) in [4.78, 5) is 14.4. The summed E-state index contributed by atoms with van der Waals surface area (Å²) in [7, 11) is 2.14. The number of hydrogen-bond acceptors (Lipinski definition) is 4. The maximum Gasteiger partial charge on any atom is 0.253 e. The lowest BCUT2D eigenvalue weighted by atomic mass is 10.1. The molecule has 1 aromatic carbocycles. The van der Waals surface area contributed by atoms with Crippen LogP contribution in [0, 0.1) is 5.92 Å². The fourth-order valence-electron chi connectivity index (χ4n) is 2.61. The number of carbonyl (C=O) groups is 1. The van der Waals surface area contributed by atoms with Crippen molar-refractivity contribution >= 4 is 17.3 Å². The number of benzene rings is 1. The molecule has 1 aromatic rings. The van der Waals surface area contributed by atoms with Crippen molar-refractivity contribution < 1.29 is 4.79 Å². The van der Waals surface area contributed by atoms with E-state index in [2.05, 4.69) is 22.6 Å². The highest BCUT2D eigenvalue weighted by Crippen LogP contribution is 2.21. The first-order valence-electron chi connectivity index (χ1n) is 7.20. The van der Waals surface area contributed by atoms with Crippen molar-refractivity contribution in [3.63, 3.8) is 0 Å². The lowest BCUT2D eigenvalue weighted by molar-refractivity contribution is 0.0956. The molecule has 2 rings (SSSR count). The molecule has 1 fully saturated rings. The van der Waals surface area contributed by atoms with Crippen molar-refractivity contribution in [1.29, 1.82) is 0 Å². The third-order valence-corrected chi connectivity index (χ3v) is 3.70. The Labute approximate surface area is 120 Å². The lowest BCUT2D eigenvalue weighted by Crippen LogP contribution is -2.25. The van der Waals surface area contributed by atoms with Gasteiger partial charge >= 0.3 is 0 Å². The van der Waals surface area contributed by atoms with Gasteiger partial charge in [0.1, 0.15) is 0 Å². The van der Waals surface area contributed by atoms with Gasteiger partial charge in [-0.15, -0.1) is 0 Å². The summed E-state index contributed by atoms with van der Waals surface area (Å²) in [6.45, 7) is 5.66. The number of anilines is 2. The molecule has 1 unspecified atom stereocenters. The summed E-state index contributed by atoms with van der Waals surface area (Å²) >= 11 is 0. The molecule has 1 heterocycles. The van der Waals surface area contributed by atoms with Gasteiger partial charge < -0.3 is 21.3 Å². The predicted molar refractivity (Wildman–Crippen MR) is 83.0 cm³/mol. The van der Waals surface area contributed by atoms with Crippen molar-refractivity contribution in [2.75, 3.05) is 44.3 Å². The van der Waals surface area contributed by atoms with Crippen LogP contribution < -0.4 is 16.4 Å². The molecule has 0 saturated carbocycles. The average Bonchev–Trinajstić information content (AvgIpc) is 2.82. The monoisotopic (exact) mass is 276 g/mol. The fraction of sp³-hybridized carbons (Fsp3) is 0.533. The number of amides is 1. The van der Waals surface area contributed by atoms with Crippen molar-refractivity contribution in [3.8, 4) is 0 Å². The van der Waals surface area contributed by atoms with Gasteiger partial charge in [0, 0.05) is 31.0 Å². The van der Waals surface area contributed by atoms with E-state index in [0.717, 1.165) is 25.3 Å². The molecular weight excluding hydrogens is 252 g/mol. The zero-order valence-corrected chi connectivity index (χ0v) is 12.3. The zero-order valence-electron chi connectivity index (χ0n) is 12.3. The van der Waals surface area contributed by atoms with Crippen LogP contribution in [0.2, 0.25) is 0 Å². The molecule has 0 aromatic heterocycles. The van der Waals surface area contributed by atoms with E-state index in [1.165, 1.54) is 6.42 Å². The lowest BCUT2D eigenvalue weighted by Gasteiger charge is -2.16. The second-order valence-corrected chi connectivity index (χ2v) is 5.46. The van der Waals surface area contributed by atoms with Crippen LogP contribution in [-0.2, 0) is 0 Å². The molecule has 1 aliphatic heterocycles. The van der Waals surface area contributed by atoms with Crippen LogP contribution in [0.5, 0.6) is 0 Å². The molecule has 5 heteroatoms. The second-order valence-electron chi connectivity index (χ2n) is 5.46. The number of likely N-dealkylation sites (tertiary alicyclic amines) is 1. The Balaban J connectivity index is 2.05. The Morgan fingerprint density at radius 3 is 2.95 bits per heavy atom. The second kappa shape index (κ2) is 6.61. The van der Waals surface area contributed by atoms with E-state index in [0.29, 0.717) is 23.7 Å². The maximum absolute atomic E-state index is 12.0. The SMILES string of the molecule is CCNC(=O)c1ccc(N)cc1NCC1CCN(C)C1. The van der Waals surface area contributed by atoms with Gasteiger partial charge in [0.05, 0.1) is 5.56 Å². The number of carbonyl (C=O) groups excluding carboxylic acids is 1. The van der Waals surface area contributed by atoms with Gasteiger partial charge in [-0.2, -0.15) is 0 Å². The Kier molecular flexibility index (Phi) is 4.84. The van der Waals surface area contributed by atoms with Gasteiger partial charge in [0.25, 0.3) is 5.91 Å². The summed E-state index contributed by atoms with van der Waals surface area (Å²) in [5, 5.41) is 6.22. The molecule has 0 radical (unpaired) electrons. The summed E-state index contributed by atoms with van der Waals surface area (Å²) in [6.07, 6.45) is 1.20. The maximum atomic E-state index is 12.0. The van der Waals surface area contributed by atoms with Crippen LogP contribution in [0.15, 0.2) is 18.2 Å². The van der Waals surface area contributed by atoms with Crippen LogP contribution >= 0.6 is 0 Å². The van der Waals surface area contributed by atoms with Crippen molar-refractivity contribution in [1.82, 2.24) is 10.2 Å². The Morgan fingerprint density at radius 2 is 2.30 bits per heavy atom. The van der Waals surface area contributed by atoms with E-state index >= 15 is 0 Å². The number of rotatable bonds is 5. The first kappa shape index (κ1) is 14.7. The van der Waals surface area contributed by atoms with E-state index in [9.17, 15) is 4.79 Å². The Morgan fingerprint density at radius 1 is 1.50 bits per heavy atom. The molecule has 0 spiro atoms. The van der Waals surface area contributed by atoms with Crippen LogP contribution in [0.3, 0.4) is 0 Å². The molecular formula is C15H24N4O. The largest absolute Gasteiger partial charge is 0.399 e. The summed E-state index contributed by atoms with van der Waals surface area (Å²) in [5.74, 6) is 0.571. The van der Waals surface area contributed by atoms with Crippen LogP contribution in [-0.4, -0.2) is 44.0 Å². The molecule has 1 aliphatic rings. The van der Waals surface area contributed by atoms with Gasteiger partial charge in [-0.1, -0.05) is 0 Å². The van der Waals surface area contributed by atoms with E-state index in [4.69, 9.17) is 5.73 Å². The summed E-state index contributed by atoms with van der Waals surface area (Å²) < 4.78 is 0. The molecule has 1 saturated heterocycles. The average molecular weight is 276 g/mol. The number of nitrogens with one attached hydrogen (secondary N) is 2. The van der Waals surface area contributed by atoms with E-state index in [-0.39, 0.29) is 5.91 Å². The minimum Gasteiger partial charge on any atom is -0.399 e. The number of nitrogens with two attached hydrogens (primary N) is 1. The standard InChI is InChI=1S/C15H24N4O/c1-3-17-15(20)13-5-4-12(16)8-14(13)18-9-11-6-7-19(2)10-11/h4-5,8,11,18H,3,6-7,9-10,16H2,1-2H3,(H,17,20). The quantitative estimate of drug-likeness (QED) is 0.711. The molecule has 4 N–H and O–H groups in total. The highest BCUT2D eigenvalue weighted by Gasteiger charge is 2.20. The highest BCUT2D eigenvalue weighted by molar-refractivity contribution is 6.00. The Hall–Kier alpha value is -1.75.